The summed E-state index contributed by atoms with van der Waals surface area (Å²) in [5.41, 5.74) is 6.97. The first-order chi connectivity index (χ1) is 20.4. The number of H-pyrrole nitrogens is 1. The highest BCUT2D eigenvalue weighted by Gasteiger charge is 2.53. The molecule has 16 heteroatoms. The third kappa shape index (κ3) is 7.58. The summed E-state index contributed by atoms with van der Waals surface area (Å²) in [5.74, 6) is -2.22. The number of ether oxygens (including phenoxy) is 1. The Morgan fingerprint density at radius 3 is 2.60 bits per heavy atom. The van der Waals surface area contributed by atoms with Crippen LogP contribution in [-0.2, 0) is 25.2 Å². The van der Waals surface area contributed by atoms with Gasteiger partial charge in [0.05, 0.1) is 24.3 Å². The number of nitrogens with zero attached hydrogens (tertiary/aromatic N) is 4. The maximum absolute atomic E-state index is 13.9. The molecule has 3 N–H and O–H groups in total. The van der Waals surface area contributed by atoms with E-state index in [2.05, 4.69) is 20.1 Å². The molecule has 1 heterocycles. The molecule has 0 amide bonds. The van der Waals surface area contributed by atoms with Crippen molar-refractivity contribution in [2.24, 2.45) is 11.0 Å². The Morgan fingerprint density at radius 2 is 1.95 bits per heavy atom. The fourth-order valence-corrected chi connectivity index (χ4v) is 6.39. The van der Waals surface area contributed by atoms with Crippen LogP contribution in [0.2, 0.25) is 0 Å². The van der Waals surface area contributed by atoms with Crippen LogP contribution in [0.25, 0.3) is 10.4 Å². The molecule has 0 saturated heterocycles. The number of carbonyl (C=O) groups excluding carboxylic acids is 1. The van der Waals surface area contributed by atoms with Crippen LogP contribution >= 0.6 is 7.75 Å². The van der Waals surface area contributed by atoms with E-state index in [-0.39, 0.29) is 18.8 Å². The second-order valence-electron chi connectivity index (χ2n) is 10.2. The van der Waals surface area contributed by atoms with Gasteiger partial charge in [-0.2, -0.15) is 5.09 Å². The number of azide groups is 1. The Morgan fingerprint density at radius 1 is 1.26 bits per heavy atom. The lowest BCUT2D eigenvalue weighted by molar-refractivity contribution is -0.146. The van der Waals surface area contributed by atoms with Gasteiger partial charge in [-0.1, -0.05) is 35.4 Å². The molecule has 3 aromatic rings. The van der Waals surface area contributed by atoms with Gasteiger partial charge >= 0.3 is 19.4 Å². The zero-order valence-electron chi connectivity index (χ0n) is 23.2. The van der Waals surface area contributed by atoms with Crippen molar-refractivity contribution in [1.82, 2.24) is 14.6 Å². The number of rotatable bonds is 12. The van der Waals surface area contributed by atoms with Crippen LogP contribution in [0.1, 0.15) is 31.9 Å². The third-order valence-corrected chi connectivity index (χ3v) is 8.76. The fraction of sp³-hybridized carbons (Fsp3) is 0.370. The molecule has 4 rings (SSSR count). The SMILES string of the molecule is C[C@H](NP(=O)(OC[C@H]1CC(n2ccc(=O)[nH]c2=O)[C@](C)(N=[N+]=[N-])[C@@H]1O)Oc1ccc(F)cc1)C(=O)OCc1ccccc1. The van der Waals surface area contributed by atoms with E-state index in [0.29, 0.717) is 0 Å². The second-order valence-corrected chi connectivity index (χ2v) is 11.9. The number of aliphatic hydroxyl groups excluding tert-OH is 1. The Kier molecular flexibility index (Phi) is 9.84. The average molecular weight is 617 g/mol. The number of halogens is 1. The Labute approximate surface area is 244 Å². The summed E-state index contributed by atoms with van der Waals surface area (Å²) in [6, 6.07) is 12.5. The van der Waals surface area contributed by atoms with E-state index < -0.39 is 67.0 Å². The molecule has 6 atom stereocenters. The predicted molar refractivity (Wildman–Crippen MR) is 151 cm³/mol. The summed E-state index contributed by atoms with van der Waals surface area (Å²) < 4.78 is 45.1. The standard InChI is InChI=1S/C27H30FN6O8P/c1-17(25(37)40-15-18-6-4-3-5-7-18)31-43(39,42-21-10-8-20(28)9-11-21)41-16-19-14-22(27(2,24(19)36)32-33-29)34-13-12-23(35)30-26(34)38/h3-13,17,19,22,24,36H,14-16H2,1-2H3,(H,31,39)(H,30,35,38)/t17-,19+,22?,24+,27-,43?/m0/s1. The molecule has 0 aliphatic heterocycles. The van der Waals surface area contributed by atoms with Crippen molar-refractivity contribution in [3.63, 3.8) is 0 Å². The summed E-state index contributed by atoms with van der Waals surface area (Å²) in [5, 5.41) is 17.5. The lowest BCUT2D eigenvalue weighted by Crippen LogP contribution is -2.44. The normalized spacial score (nSPS) is 23.5. The molecule has 0 spiro atoms. The molecule has 0 radical (unpaired) electrons. The zero-order chi connectivity index (χ0) is 31.2. The van der Waals surface area contributed by atoms with Crippen LogP contribution < -0.4 is 20.9 Å². The molecule has 1 fully saturated rings. The van der Waals surface area contributed by atoms with Gasteiger partial charge in [0.25, 0.3) is 5.56 Å². The molecular formula is C27H30FN6O8P. The third-order valence-electron chi connectivity index (χ3n) is 7.12. The number of benzene rings is 2. The highest BCUT2D eigenvalue weighted by molar-refractivity contribution is 7.52. The zero-order valence-corrected chi connectivity index (χ0v) is 24.1. The minimum atomic E-state index is -4.41. The van der Waals surface area contributed by atoms with E-state index in [1.54, 1.807) is 24.3 Å². The van der Waals surface area contributed by atoms with E-state index in [1.165, 1.54) is 32.2 Å². The van der Waals surface area contributed by atoms with Gasteiger partial charge in [0.15, 0.2) is 0 Å². The highest BCUT2D eigenvalue weighted by Crippen LogP contribution is 2.50. The molecule has 0 bridgehead atoms. The fourth-order valence-electron chi connectivity index (χ4n) is 4.84. The molecule has 43 heavy (non-hydrogen) atoms. The average Bonchev–Trinajstić information content (AvgIpc) is 3.21. The Balaban J connectivity index is 1.54. The lowest BCUT2D eigenvalue weighted by Gasteiger charge is -2.31. The first-order valence-corrected chi connectivity index (χ1v) is 14.7. The van der Waals surface area contributed by atoms with Gasteiger partial charge in [-0.3, -0.25) is 23.7 Å². The number of carbonyl (C=O) groups is 1. The van der Waals surface area contributed by atoms with Crippen LogP contribution in [0, 0.1) is 11.7 Å². The number of aromatic amines is 1. The summed E-state index contributed by atoms with van der Waals surface area (Å²) in [7, 11) is -4.41. The summed E-state index contributed by atoms with van der Waals surface area (Å²) in [4.78, 5) is 41.8. The van der Waals surface area contributed by atoms with Gasteiger partial charge in [0.1, 0.15) is 24.2 Å². The van der Waals surface area contributed by atoms with Crippen LogP contribution in [-0.4, -0.2) is 44.9 Å². The first kappa shape index (κ1) is 31.7. The van der Waals surface area contributed by atoms with Gasteiger partial charge in [-0.25, -0.2) is 13.8 Å². The lowest BCUT2D eigenvalue weighted by atomic mass is 9.93. The Bertz CT molecular complexity index is 1650. The molecule has 228 valence electrons. The van der Waals surface area contributed by atoms with Gasteiger partial charge in [-0.05, 0) is 55.6 Å². The summed E-state index contributed by atoms with van der Waals surface area (Å²) in [6.07, 6.45) is -0.159. The first-order valence-electron chi connectivity index (χ1n) is 13.2. The molecule has 1 aliphatic carbocycles. The second kappa shape index (κ2) is 13.4. The topological polar surface area (TPSA) is 198 Å². The number of hydrogen-bond acceptors (Lipinski definition) is 9. The maximum Gasteiger partial charge on any atom is 0.459 e. The summed E-state index contributed by atoms with van der Waals surface area (Å²) >= 11 is 0. The van der Waals surface area contributed by atoms with Crippen LogP contribution in [0.4, 0.5) is 4.39 Å². The minimum absolute atomic E-state index is 0.00779. The van der Waals surface area contributed by atoms with Crippen LogP contribution in [0.3, 0.4) is 0 Å². The number of nitrogens with one attached hydrogen (secondary N) is 2. The smallest absolute Gasteiger partial charge is 0.459 e. The number of aromatic nitrogens is 2. The number of hydrogen-bond donors (Lipinski definition) is 3. The van der Waals surface area contributed by atoms with Crippen molar-refractivity contribution in [3.05, 3.63) is 110 Å². The van der Waals surface area contributed by atoms with Crippen molar-refractivity contribution >= 4 is 13.7 Å². The van der Waals surface area contributed by atoms with Crippen LogP contribution in [0.5, 0.6) is 5.75 Å². The van der Waals surface area contributed by atoms with Gasteiger partial charge in [-0.15, -0.1) is 0 Å². The molecular weight excluding hydrogens is 586 g/mol. The maximum atomic E-state index is 13.9. The monoisotopic (exact) mass is 616 g/mol. The van der Waals surface area contributed by atoms with Gasteiger partial charge in [0, 0.05) is 23.1 Å². The van der Waals surface area contributed by atoms with Crippen molar-refractivity contribution in [2.75, 3.05) is 6.61 Å². The summed E-state index contributed by atoms with van der Waals surface area (Å²) in [6.45, 7) is 2.35. The van der Waals surface area contributed by atoms with Crippen molar-refractivity contribution in [3.8, 4) is 5.75 Å². The van der Waals surface area contributed by atoms with Crippen molar-refractivity contribution in [2.45, 2.75) is 50.6 Å². The van der Waals surface area contributed by atoms with Crippen LogP contribution in [0.15, 0.2) is 81.6 Å². The highest BCUT2D eigenvalue weighted by atomic mass is 31.2. The molecule has 14 nitrogen and oxygen atoms in total. The van der Waals surface area contributed by atoms with E-state index in [0.717, 1.165) is 28.3 Å². The van der Waals surface area contributed by atoms with E-state index >= 15 is 0 Å². The minimum Gasteiger partial charge on any atom is -0.460 e. The molecule has 2 aromatic carbocycles. The van der Waals surface area contributed by atoms with Crippen molar-refractivity contribution < 1.29 is 32.6 Å². The van der Waals surface area contributed by atoms with E-state index in [9.17, 15) is 34.0 Å². The van der Waals surface area contributed by atoms with Gasteiger partial charge in [0.2, 0.25) is 0 Å². The van der Waals surface area contributed by atoms with Crippen molar-refractivity contribution in [1.29, 1.82) is 0 Å². The van der Waals surface area contributed by atoms with E-state index in [1.807, 2.05) is 6.07 Å². The number of esters is 1. The molecule has 1 saturated carbocycles. The largest absolute Gasteiger partial charge is 0.460 e. The quantitative estimate of drug-likeness (QED) is 0.0895. The number of aliphatic hydroxyl groups is 1. The molecule has 1 aromatic heterocycles. The Hall–Kier alpha value is -4.26. The molecule has 1 aliphatic rings. The molecule has 2 unspecified atom stereocenters. The van der Waals surface area contributed by atoms with E-state index in [4.69, 9.17) is 13.8 Å². The predicted octanol–water partition coefficient (Wildman–Crippen LogP) is 3.59. The van der Waals surface area contributed by atoms with Gasteiger partial charge < -0.3 is 14.4 Å².